The summed E-state index contributed by atoms with van der Waals surface area (Å²) in [4.78, 5) is 4.09. The van der Waals surface area contributed by atoms with Gasteiger partial charge in [0.15, 0.2) is 5.96 Å². The third-order valence-corrected chi connectivity index (χ3v) is 2.89. The van der Waals surface area contributed by atoms with Crippen molar-refractivity contribution in [3.8, 4) is 6.07 Å². The Hall–Kier alpha value is -2.87. The number of aliphatic imine (C=N–C) groups is 1. The molecule has 0 fully saturated rings. The quantitative estimate of drug-likeness (QED) is 0.671. The normalized spacial score (nSPS) is 11.0. The summed E-state index contributed by atoms with van der Waals surface area (Å²) in [5.74, 6) is -0.205. The van der Waals surface area contributed by atoms with Crippen LogP contribution in [0, 0.1) is 24.1 Å². The van der Waals surface area contributed by atoms with Crippen LogP contribution in [0.4, 0.5) is 10.1 Å². The highest BCUT2D eigenvalue weighted by atomic mass is 19.1. The summed E-state index contributed by atoms with van der Waals surface area (Å²) in [6, 6.07) is 13.8. The predicted octanol–water partition coefficient (Wildman–Crippen LogP) is 2.93. The number of aryl methyl sites for hydroxylation is 1. The van der Waals surface area contributed by atoms with Gasteiger partial charge in [0.1, 0.15) is 5.82 Å². The second-order valence-electron chi connectivity index (χ2n) is 4.61. The first-order valence-electron chi connectivity index (χ1n) is 6.40. The van der Waals surface area contributed by atoms with E-state index in [1.165, 1.54) is 18.2 Å². The molecule has 0 atom stereocenters. The summed E-state index contributed by atoms with van der Waals surface area (Å²) in [7, 11) is 0. The molecule has 0 aliphatic rings. The highest BCUT2D eigenvalue weighted by Crippen LogP contribution is 2.12. The van der Waals surface area contributed by atoms with Gasteiger partial charge in [-0.25, -0.2) is 9.38 Å². The number of anilines is 1. The van der Waals surface area contributed by atoms with Crippen LogP contribution in [0.1, 0.15) is 16.7 Å². The van der Waals surface area contributed by atoms with Crippen LogP contribution >= 0.6 is 0 Å². The van der Waals surface area contributed by atoms with E-state index in [0.29, 0.717) is 11.1 Å². The van der Waals surface area contributed by atoms with Crippen LogP contribution < -0.4 is 11.1 Å². The number of nitrogens with two attached hydrogens (primary N) is 1. The zero-order valence-electron chi connectivity index (χ0n) is 11.6. The number of benzene rings is 2. The van der Waals surface area contributed by atoms with Gasteiger partial charge in [0, 0.05) is 11.3 Å². The molecule has 2 rings (SSSR count). The van der Waals surface area contributed by atoms with Gasteiger partial charge in [-0.05, 0) is 42.8 Å². The van der Waals surface area contributed by atoms with Crippen molar-refractivity contribution in [2.24, 2.45) is 10.7 Å². The highest BCUT2D eigenvalue weighted by molar-refractivity contribution is 5.92. The zero-order valence-corrected chi connectivity index (χ0v) is 11.6. The van der Waals surface area contributed by atoms with Gasteiger partial charge >= 0.3 is 0 Å². The van der Waals surface area contributed by atoms with E-state index in [-0.39, 0.29) is 12.5 Å². The van der Waals surface area contributed by atoms with Gasteiger partial charge < -0.3 is 11.1 Å². The molecule has 0 aromatic heterocycles. The van der Waals surface area contributed by atoms with Crippen LogP contribution in [0.25, 0.3) is 0 Å². The maximum Gasteiger partial charge on any atom is 0.193 e. The minimum absolute atomic E-state index is 0.0754. The summed E-state index contributed by atoms with van der Waals surface area (Å²) < 4.78 is 13.6. The molecule has 2 aromatic carbocycles. The Morgan fingerprint density at radius 1 is 1.33 bits per heavy atom. The van der Waals surface area contributed by atoms with Crippen LogP contribution in [-0.4, -0.2) is 5.96 Å². The number of nitrogens with zero attached hydrogens (tertiary/aromatic N) is 2. The number of hydrogen-bond donors (Lipinski definition) is 2. The first-order valence-corrected chi connectivity index (χ1v) is 6.40. The Labute approximate surface area is 122 Å². The van der Waals surface area contributed by atoms with Crippen LogP contribution in [0.15, 0.2) is 47.5 Å². The number of nitrogens with one attached hydrogen (secondary N) is 1. The number of hydrogen-bond acceptors (Lipinski definition) is 2. The Morgan fingerprint density at radius 2 is 2.14 bits per heavy atom. The summed E-state index contributed by atoms with van der Waals surface area (Å²) >= 11 is 0. The summed E-state index contributed by atoms with van der Waals surface area (Å²) in [6.07, 6.45) is 0. The van der Waals surface area contributed by atoms with Gasteiger partial charge in [-0.1, -0.05) is 12.1 Å². The number of rotatable bonds is 3. The molecular formula is C16H15FN4. The van der Waals surface area contributed by atoms with Crippen molar-refractivity contribution in [2.45, 2.75) is 13.5 Å². The molecule has 2 aromatic rings. The van der Waals surface area contributed by atoms with E-state index in [1.807, 2.05) is 37.3 Å². The van der Waals surface area contributed by atoms with Crippen LogP contribution in [0.5, 0.6) is 0 Å². The third-order valence-electron chi connectivity index (χ3n) is 2.89. The molecule has 4 nitrogen and oxygen atoms in total. The van der Waals surface area contributed by atoms with Gasteiger partial charge in [-0.15, -0.1) is 0 Å². The summed E-state index contributed by atoms with van der Waals surface area (Å²) in [6.45, 7) is 2.05. The lowest BCUT2D eigenvalue weighted by Crippen LogP contribution is -2.22. The molecule has 5 heteroatoms. The maximum absolute atomic E-state index is 13.6. The fraction of sp³-hybridized carbons (Fsp3) is 0.125. The average Bonchev–Trinajstić information content (AvgIpc) is 2.46. The van der Waals surface area contributed by atoms with Gasteiger partial charge in [0.05, 0.1) is 18.2 Å². The zero-order chi connectivity index (χ0) is 15.2. The number of guanidine groups is 1. The molecule has 0 bridgehead atoms. The molecule has 0 saturated heterocycles. The average molecular weight is 282 g/mol. The van der Waals surface area contributed by atoms with E-state index < -0.39 is 5.82 Å². The first-order chi connectivity index (χ1) is 10.1. The van der Waals surface area contributed by atoms with Crippen molar-refractivity contribution in [2.75, 3.05) is 5.32 Å². The molecule has 0 heterocycles. The minimum Gasteiger partial charge on any atom is -0.370 e. The lowest BCUT2D eigenvalue weighted by atomic mass is 10.1. The Kier molecular flexibility index (Phi) is 4.52. The summed E-state index contributed by atoms with van der Waals surface area (Å²) in [5, 5.41) is 11.7. The molecule has 106 valence electrons. The SMILES string of the molecule is Cc1cccc(NC(N)=NCc2cc(C#N)ccc2F)c1. The molecular weight excluding hydrogens is 267 g/mol. The van der Waals surface area contributed by atoms with E-state index in [1.54, 1.807) is 0 Å². The monoisotopic (exact) mass is 282 g/mol. The molecule has 0 amide bonds. The fourth-order valence-corrected chi connectivity index (χ4v) is 1.85. The third kappa shape index (κ3) is 4.05. The molecule has 21 heavy (non-hydrogen) atoms. The second-order valence-corrected chi connectivity index (χ2v) is 4.61. The molecule has 0 unspecified atom stereocenters. The van der Waals surface area contributed by atoms with E-state index in [2.05, 4.69) is 10.3 Å². The van der Waals surface area contributed by atoms with E-state index in [0.717, 1.165) is 11.3 Å². The van der Waals surface area contributed by atoms with Crippen LogP contribution in [0.2, 0.25) is 0 Å². The van der Waals surface area contributed by atoms with E-state index >= 15 is 0 Å². The topological polar surface area (TPSA) is 74.2 Å². The molecule has 0 spiro atoms. The second kappa shape index (κ2) is 6.53. The number of halogens is 1. The largest absolute Gasteiger partial charge is 0.370 e. The fourth-order valence-electron chi connectivity index (χ4n) is 1.85. The Bertz CT molecular complexity index is 716. The van der Waals surface area contributed by atoms with Crippen molar-refractivity contribution < 1.29 is 4.39 Å². The smallest absolute Gasteiger partial charge is 0.193 e. The predicted molar refractivity (Wildman–Crippen MR) is 81.2 cm³/mol. The van der Waals surface area contributed by atoms with Crippen molar-refractivity contribution in [1.29, 1.82) is 5.26 Å². The van der Waals surface area contributed by atoms with Crippen LogP contribution in [-0.2, 0) is 6.54 Å². The van der Waals surface area contributed by atoms with Gasteiger partial charge in [0.2, 0.25) is 0 Å². The number of nitriles is 1. The standard InChI is InChI=1S/C16H15FN4/c1-11-3-2-4-14(7-11)21-16(19)20-10-13-8-12(9-18)5-6-15(13)17/h2-8H,10H2,1H3,(H3,19,20,21). The molecule has 0 aliphatic carbocycles. The molecule has 0 saturated carbocycles. The van der Waals surface area contributed by atoms with Gasteiger partial charge in [-0.2, -0.15) is 5.26 Å². The Balaban J connectivity index is 2.09. The van der Waals surface area contributed by atoms with E-state index in [9.17, 15) is 4.39 Å². The minimum atomic E-state index is -0.402. The molecule has 0 radical (unpaired) electrons. The molecule has 3 N–H and O–H groups in total. The highest BCUT2D eigenvalue weighted by Gasteiger charge is 2.03. The van der Waals surface area contributed by atoms with Crippen molar-refractivity contribution in [3.63, 3.8) is 0 Å². The van der Waals surface area contributed by atoms with Gasteiger partial charge in [0.25, 0.3) is 0 Å². The van der Waals surface area contributed by atoms with Crippen LogP contribution in [0.3, 0.4) is 0 Å². The Morgan fingerprint density at radius 3 is 2.86 bits per heavy atom. The summed E-state index contributed by atoms with van der Waals surface area (Å²) in [5.41, 5.74) is 8.43. The molecule has 0 aliphatic heterocycles. The lowest BCUT2D eigenvalue weighted by molar-refractivity contribution is 0.610. The van der Waals surface area contributed by atoms with Crippen molar-refractivity contribution in [1.82, 2.24) is 0 Å². The maximum atomic E-state index is 13.6. The van der Waals surface area contributed by atoms with Crippen molar-refractivity contribution >= 4 is 11.6 Å². The first kappa shape index (κ1) is 14.5. The van der Waals surface area contributed by atoms with Crippen molar-refractivity contribution in [3.05, 3.63) is 65.0 Å². The van der Waals surface area contributed by atoms with E-state index in [4.69, 9.17) is 11.0 Å². The lowest BCUT2D eigenvalue weighted by Gasteiger charge is -2.07. The van der Waals surface area contributed by atoms with Gasteiger partial charge in [-0.3, -0.25) is 0 Å².